The van der Waals surface area contributed by atoms with Crippen LogP contribution in [0.3, 0.4) is 0 Å². The number of carbonyl (C=O) groups is 4. The Balaban J connectivity index is 2.68. The first-order valence-corrected chi connectivity index (χ1v) is 31.3. The Hall–Kier alpha value is -3.58. The number of allylic oxidation sites excluding steroid dienone is 10. The van der Waals surface area contributed by atoms with Crippen molar-refractivity contribution in [3.63, 3.8) is 0 Å². The first-order chi connectivity index (χ1) is 37.6. The predicted octanol–water partition coefficient (Wildman–Crippen LogP) is 16.3. The molecule has 1 aliphatic rings. The normalized spacial score (nSPS) is 18.4. The van der Waals surface area contributed by atoms with E-state index in [9.17, 15) is 34.5 Å². The van der Waals surface area contributed by atoms with Crippen molar-refractivity contribution in [1.82, 2.24) is 0 Å². The second kappa shape index (κ2) is 53.1. The molecule has 1 aliphatic heterocycles. The van der Waals surface area contributed by atoms with Crippen molar-refractivity contribution in [2.24, 2.45) is 0 Å². The van der Waals surface area contributed by atoms with Crippen molar-refractivity contribution >= 4 is 23.9 Å². The smallest absolute Gasteiger partial charge is 0.335 e. The van der Waals surface area contributed by atoms with E-state index in [2.05, 4.69) is 81.5 Å². The molecule has 0 bridgehead atoms. The molecule has 6 unspecified atom stereocenters. The lowest BCUT2D eigenvalue weighted by Gasteiger charge is -2.40. The van der Waals surface area contributed by atoms with E-state index in [1.54, 1.807) is 0 Å². The van der Waals surface area contributed by atoms with Crippen molar-refractivity contribution < 1.29 is 58.2 Å². The summed E-state index contributed by atoms with van der Waals surface area (Å²) in [5.74, 6) is -3.14. The second-order valence-corrected chi connectivity index (χ2v) is 21.3. The highest BCUT2D eigenvalue weighted by molar-refractivity contribution is 5.74. The number of unbranched alkanes of at least 4 members (excludes halogenated alkanes) is 29. The third-order valence-electron chi connectivity index (χ3n) is 14.1. The van der Waals surface area contributed by atoms with Gasteiger partial charge in [-0.2, -0.15) is 0 Å². The number of rotatable bonds is 53. The molecule has 0 aliphatic carbocycles. The van der Waals surface area contributed by atoms with Gasteiger partial charge in [0.2, 0.25) is 0 Å². The average Bonchev–Trinajstić information content (AvgIpc) is 3.42. The van der Waals surface area contributed by atoms with Crippen LogP contribution in [0.15, 0.2) is 60.8 Å². The van der Waals surface area contributed by atoms with Crippen LogP contribution in [0.5, 0.6) is 0 Å². The van der Waals surface area contributed by atoms with Gasteiger partial charge < -0.3 is 39.0 Å². The lowest BCUT2D eigenvalue weighted by Crippen LogP contribution is -2.61. The van der Waals surface area contributed by atoms with E-state index in [-0.39, 0.29) is 25.9 Å². The molecule has 1 heterocycles. The average molecular weight is 1090 g/mol. The zero-order valence-corrected chi connectivity index (χ0v) is 49.0. The fourth-order valence-electron chi connectivity index (χ4n) is 9.30. The van der Waals surface area contributed by atoms with E-state index in [4.69, 9.17) is 23.7 Å². The summed E-state index contributed by atoms with van der Waals surface area (Å²) >= 11 is 0. The Morgan fingerprint density at radius 2 is 0.818 bits per heavy atom. The van der Waals surface area contributed by atoms with Crippen molar-refractivity contribution in [2.45, 2.75) is 314 Å². The second-order valence-electron chi connectivity index (χ2n) is 21.3. The third-order valence-corrected chi connectivity index (χ3v) is 14.1. The molecule has 0 amide bonds. The summed E-state index contributed by atoms with van der Waals surface area (Å²) < 4.78 is 28.5. The molecule has 12 heteroatoms. The molecule has 3 N–H and O–H groups in total. The first-order valence-electron chi connectivity index (χ1n) is 31.3. The van der Waals surface area contributed by atoms with Gasteiger partial charge in [-0.25, -0.2) is 4.79 Å². The van der Waals surface area contributed by atoms with E-state index >= 15 is 0 Å². The molecule has 1 saturated heterocycles. The van der Waals surface area contributed by atoms with Crippen LogP contribution >= 0.6 is 0 Å². The van der Waals surface area contributed by atoms with Crippen molar-refractivity contribution in [3.8, 4) is 0 Å². The highest BCUT2D eigenvalue weighted by Gasteiger charge is 2.50. The molecule has 0 radical (unpaired) electrons. The zero-order chi connectivity index (χ0) is 56.1. The van der Waals surface area contributed by atoms with Gasteiger partial charge in [0, 0.05) is 19.3 Å². The van der Waals surface area contributed by atoms with Crippen LogP contribution in [0.25, 0.3) is 0 Å². The van der Waals surface area contributed by atoms with E-state index in [1.807, 2.05) is 0 Å². The summed E-state index contributed by atoms with van der Waals surface area (Å²) in [5, 5.41) is 31.5. The Kier molecular flexibility index (Phi) is 49.2. The van der Waals surface area contributed by atoms with Gasteiger partial charge in [0.15, 0.2) is 24.6 Å². The number of hydrogen-bond acceptors (Lipinski definition) is 11. The first kappa shape index (κ1) is 71.4. The van der Waals surface area contributed by atoms with E-state index in [1.165, 1.54) is 96.3 Å². The molecule has 444 valence electrons. The van der Waals surface area contributed by atoms with Crippen LogP contribution in [0.4, 0.5) is 0 Å². The van der Waals surface area contributed by atoms with Gasteiger partial charge in [0.25, 0.3) is 0 Å². The van der Waals surface area contributed by atoms with Crippen molar-refractivity contribution in [1.29, 1.82) is 0 Å². The summed E-state index contributed by atoms with van der Waals surface area (Å²) in [6.07, 6.45) is 53.2. The lowest BCUT2D eigenvalue weighted by atomic mass is 9.98. The number of ether oxygens (including phenoxy) is 5. The topological polar surface area (TPSA) is 175 Å². The molecule has 0 aromatic heterocycles. The maximum Gasteiger partial charge on any atom is 0.335 e. The molecule has 0 spiro atoms. The van der Waals surface area contributed by atoms with Gasteiger partial charge in [-0.3, -0.25) is 14.4 Å². The number of carboxylic acids is 1. The monoisotopic (exact) mass is 1080 g/mol. The van der Waals surface area contributed by atoms with Crippen molar-refractivity contribution in [2.75, 3.05) is 13.2 Å². The SMILES string of the molecule is CC/C=C\C/C=C\C/C=C\CCCCCCCC(=O)OCC(COC1OC(C(=O)O)C(O)C(O)C1OC(=O)CCCCCCCCCCCCCCCCCCC)OC(=O)CCCCCCC/C=C\C/C=C\CCCCC. The van der Waals surface area contributed by atoms with E-state index < -0.39 is 67.3 Å². The van der Waals surface area contributed by atoms with Gasteiger partial charge in [0.05, 0.1) is 6.61 Å². The number of aliphatic hydroxyl groups is 2. The van der Waals surface area contributed by atoms with E-state index in [0.29, 0.717) is 19.3 Å². The predicted molar refractivity (Wildman–Crippen MR) is 312 cm³/mol. The summed E-state index contributed by atoms with van der Waals surface area (Å²) in [6.45, 7) is 5.86. The molecule has 6 atom stereocenters. The van der Waals surface area contributed by atoms with Crippen LogP contribution in [0.1, 0.15) is 278 Å². The lowest BCUT2D eigenvalue weighted by molar-refractivity contribution is -0.301. The fourth-order valence-corrected chi connectivity index (χ4v) is 9.30. The molecule has 0 aromatic carbocycles. The summed E-state index contributed by atoms with van der Waals surface area (Å²) in [6, 6.07) is 0. The van der Waals surface area contributed by atoms with Crippen LogP contribution in [-0.2, 0) is 42.9 Å². The van der Waals surface area contributed by atoms with Crippen LogP contribution in [0.2, 0.25) is 0 Å². The van der Waals surface area contributed by atoms with E-state index in [0.717, 1.165) is 122 Å². The van der Waals surface area contributed by atoms with Crippen LogP contribution in [0, 0.1) is 0 Å². The number of aliphatic carboxylic acids is 1. The quantitative estimate of drug-likeness (QED) is 0.0228. The van der Waals surface area contributed by atoms with Gasteiger partial charge in [-0.15, -0.1) is 0 Å². The minimum Gasteiger partial charge on any atom is -0.479 e. The van der Waals surface area contributed by atoms with Gasteiger partial charge >= 0.3 is 23.9 Å². The Bertz CT molecular complexity index is 1570. The Morgan fingerprint density at radius 1 is 0.442 bits per heavy atom. The number of carboxylic acid groups (broad SMARTS) is 1. The van der Waals surface area contributed by atoms with Gasteiger partial charge in [0.1, 0.15) is 18.8 Å². The highest BCUT2D eigenvalue weighted by Crippen LogP contribution is 2.27. The molecular weight excluding hydrogens is 973 g/mol. The maximum absolute atomic E-state index is 13.2. The number of carbonyl (C=O) groups excluding carboxylic acids is 3. The molecule has 1 fully saturated rings. The molecule has 0 saturated carbocycles. The summed E-state index contributed by atoms with van der Waals surface area (Å²) in [5.41, 5.74) is 0. The highest BCUT2D eigenvalue weighted by atomic mass is 16.7. The molecule has 1 rings (SSSR count). The molecule has 77 heavy (non-hydrogen) atoms. The third kappa shape index (κ3) is 43.0. The number of esters is 3. The standard InChI is InChI=1S/C65H112O12/c1-4-7-10-13-16-19-22-25-28-29-32-35-38-41-44-47-50-53-59(68)76-63-61(70)60(69)62(64(71)72)77-65(63)74-55-56(75-58(67)52-49-46-43-40-37-34-31-27-24-21-18-15-12-9-6-3)54-73-57(66)51-48-45-42-39-36-33-30-26-23-20-17-14-11-8-5-2/h8,11,17-18,20-21,26-27,30-31,56,60-63,65,69-70H,4-7,9-10,12-16,19,22-25,28-29,32-55H2,1-3H3,(H,71,72)/b11-8-,20-17-,21-18-,30-26-,31-27-. The fraction of sp³-hybridized carbons (Fsp3) is 0.785. The van der Waals surface area contributed by atoms with Crippen molar-refractivity contribution in [3.05, 3.63) is 60.8 Å². The molecule has 0 aromatic rings. The molecular formula is C65H112O12. The summed E-state index contributed by atoms with van der Waals surface area (Å²) in [7, 11) is 0. The minimum atomic E-state index is -1.91. The van der Waals surface area contributed by atoms with Crippen LogP contribution < -0.4 is 0 Å². The Labute approximate surface area is 468 Å². The van der Waals surface area contributed by atoms with Gasteiger partial charge in [-0.1, -0.05) is 236 Å². The number of hydrogen-bond donors (Lipinski definition) is 3. The maximum atomic E-state index is 13.2. The zero-order valence-electron chi connectivity index (χ0n) is 49.0. The Morgan fingerprint density at radius 3 is 1.27 bits per heavy atom. The minimum absolute atomic E-state index is 0.0600. The number of aliphatic hydroxyl groups excluding tert-OH is 2. The summed E-state index contributed by atoms with van der Waals surface area (Å²) in [4.78, 5) is 51.2. The molecule has 12 nitrogen and oxygen atoms in total. The van der Waals surface area contributed by atoms with Gasteiger partial charge in [-0.05, 0) is 83.5 Å². The van der Waals surface area contributed by atoms with Crippen LogP contribution in [-0.4, -0.2) is 89.2 Å². The largest absolute Gasteiger partial charge is 0.479 e.